The van der Waals surface area contributed by atoms with Crippen LogP contribution in [0.25, 0.3) is 10.2 Å². The maximum Gasteiger partial charge on any atom is 0.225 e. The van der Waals surface area contributed by atoms with E-state index in [0.29, 0.717) is 5.15 Å². The molecule has 2 aromatic rings. The van der Waals surface area contributed by atoms with Gasteiger partial charge in [0.05, 0.1) is 11.1 Å². The van der Waals surface area contributed by atoms with Crippen molar-refractivity contribution in [3.63, 3.8) is 0 Å². The fourth-order valence-corrected chi connectivity index (χ4v) is 2.32. The van der Waals surface area contributed by atoms with Gasteiger partial charge in [-0.3, -0.25) is 0 Å². The van der Waals surface area contributed by atoms with E-state index in [4.69, 9.17) is 23.2 Å². The molecule has 3 nitrogen and oxygen atoms in total. The molecule has 2 rings (SSSR count). The molecule has 0 aliphatic carbocycles. The Kier molecular flexibility index (Phi) is 1.90. The Hall–Kier alpha value is -0.450. The van der Waals surface area contributed by atoms with Crippen LogP contribution in [0.15, 0.2) is 0 Å². The molecule has 0 N–H and O–H groups in total. The topological polar surface area (TPSA) is 38.7 Å². The van der Waals surface area contributed by atoms with Crippen LogP contribution in [-0.2, 0) is 0 Å². The van der Waals surface area contributed by atoms with E-state index in [1.165, 1.54) is 11.5 Å². The molecule has 0 aromatic carbocycles. The van der Waals surface area contributed by atoms with Crippen molar-refractivity contribution in [2.75, 3.05) is 0 Å². The number of nitrogens with zero attached hydrogens (tertiary/aromatic N) is 3. The molecule has 0 fully saturated rings. The number of fused-ring (bicyclic) bond motifs is 1. The first-order valence-electron chi connectivity index (χ1n) is 3.13. The molecule has 2 heterocycles. The van der Waals surface area contributed by atoms with Gasteiger partial charge in [0.2, 0.25) is 5.28 Å². The zero-order chi connectivity index (χ0) is 8.72. The van der Waals surface area contributed by atoms with Crippen LogP contribution in [0.2, 0.25) is 10.4 Å². The minimum Gasteiger partial charge on any atom is -0.205 e. The lowest BCUT2D eigenvalue weighted by Crippen LogP contribution is -1.83. The van der Waals surface area contributed by atoms with Gasteiger partial charge < -0.3 is 0 Å². The summed E-state index contributed by atoms with van der Waals surface area (Å²) in [6, 6.07) is 0. The zero-order valence-corrected chi connectivity index (χ0v) is 8.33. The number of rotatable bonds is 0. The Balaban J connectivity index is 2.93. The first kappa shape index (κ1) is 8.16. The van der Waals surface area contributed by atoms with Gasteiger partial charge in [-0.25, -0.2) is 9.97 Å². The van der Waals surface area contributed by atoms with Crippen molar-refractivity contribution in [1.29, 1.82) is 0 Å². The fraction of sp³-hybridized carbons (Fsp3) is 0.167. The van der Waals surface area contributed by atoms with E-state index in [9.17, 15) is 0 Å². The molecule has 0 atom stereocenters. The van der Waals surface area contributed by atoms with Crippen LogP contribution < -0.4 is 0 Å². The highest BCUT2D eigenvalue weighted by Crippen LogP contribution is 2.27. The van der Waals surface area contributed by atoms with E-state index in [1.807, 2.05) is 6.92 Å². The Morgan fingerprint density at radius 1 is 1.25 bits per heavy atom. The van der Waals surface area contributed by atoms with Gasteiger partial charge in [0.1, 0.15) is 9.98 Å². The quantitative estimate of drug-likeness (QED) is 0.506. The van der Waals surface area contributed by atoms with E-state index >= 15 is 0 Å². The molecule has 0 aliphatic rings. The lowest BCUT2D eigenvalue weighted by molar-refractivity contribution is 1.23. The van der Waals surface area contributed by atoms with Gasteiger partial charge in [-0.1, -0.05) is 11.6 Å². The summed E-state index contributed by atoms with van der Waals surface area (Å²) >= 11 is 12.7. The molecule has 0 unspecified atom stereocenters. The summed E-state index contributed by atoms with van der Waals surface area (Å²) in [6.45, 7) is 1.86. The van der Waals surface area contributed by atoms with E-state index < -0.39 is 0 Å². The summed E-state index contributed by atoms with van der Waals surface area (Å²) in [6.07, 6.45) is 0. The minimum absolute atomic E-state index is 0.163. The fourth-order valence-electron chi connectivity index (χ4n) is 0.917. The second-order valence-electron chi connectivity index (χ2n) is 2.23. The van der Waals surface area contributed by atoms with Crippen molar-refractivity contribution >= 4 is 45.0 Å². The predicted molar refractivity (Wildman–Crippen MR) is 50.0 cm³/mol. The smallest absolute Gasteiger partial charge is 0.205 e. The summed E-state index contributed by atoms with van der Waals surface area (Å²) in [5, 5.41) is 1.33. The Labute approximate surface area is 82.5 Å². The molecular formula is C6H3Cl2N3S. The van der Waals surface area contributed by atoms with Crippen LogP contribution in [0.3, 0.4) is 0 Å². The van der Waals surface area contributed by atoms with E-state index in [1.54, 1.807) is 0 Å². The second kappa shape index (κ2) is 2.80. The molecule has 0 bridgehead atoms. The second-order valence-corrected chi connectivity index (χ2v) is 3.68. The lowest BCUT2D eigenvalue weighted by Gasteiger charge is -1.92. The van der Waals surface area contributed by atoms with E-state index in [0.717, 1.165) is 15.9 Å². The summed E-state index contributed by atoms with van der Waals surface area (Å²) < 4.78 is 4.09. The standard InChI is InChI=1S/C6H3Cl2N3S/c1-2-3-4(7)9-6(8)10-5(3)12-11-2/h1H3. The third-order valence-electron chi connectivity index (χ3n) is 1.44. The van der Waals surface area contributed by atoms with Gasteiger partial charge in [0.25, 0.3) is 0 Å². The molecule has 0 amide bonds. The molecule has 6 heteroatoms. The first-order valence-corrected chi connectivity index (χ1v) is 4.66. The normalized spacial score (nSPS) is 10.9. The molecular weight excluding hydrogens is 217 g/mol. The Morgan fingerprint density at radius 3 is 2.75 bits per heavy atom. The average Bonchev–Trinajstić information content (AvgIpc) is 2.31. The molecule has 0 saturated carbocycles. The highest BCUT2D eigenvalue weighted by molar-refractivity contribution is 7.13. The summed E-state index contributed by atoms with van der Waals surface area (Å²) in [5.74, 6) is 0. The van der Waals surface area contributed by atoms with Gasteiger partial charge in [-0.15, -0.1) is 0 Å². The molecule has 12 heavy (non-hydrogen) atoms. The van der Waals surface area contributed by atoms with Crippen LogP contribution in [0.4, 0.5) is 0 Å². The van der Waals surface area contributed by atoms with Crippen LogP contribution >= 0.6 is 34.7 Å². The lowest BCUT2D eigenvalue weighted by atomic mass is 10.3. The SMILES string of the molecule is Cc1nsc2nc(Cl)nc(Cl)c12. The maximum atomic E-state index is 5.84. The predicted octanol–water partition coefficient (Wildman–Crippen LogP) is 2.70. The van der Waals surface area contributed by atoms with Gasteiger partial charge in [-0.05, 0) is 30.1 Å². The van der Waals surface area contributed by atoms with Crippen molar-refractivity contribution in [3.05, 3.63) is 16.1 Å². The van der Waals surface area contributed by atoms with Gasteiger partial charge in [-0.2, -0.15) is 4.37 Å². The van der Waals surface area contributed by atoms with Crippen LogP contribution in [0, 0.1) is 6.92 Å². The molecule has 62 valence electrons. The number of aromatic nitrogens is 3. The van der Waals surface area contributed by atoms with Gasteiger partial charge in [0.15, 0.2) is 0 Å². The average molecular weight is 220 g/mol. The minimum atomic E-state index is 0.163. The number of hydrogen-bond donors (Lipinski definition) is 0. The maximum absolute atomic E-state index is 5.84. The number of aryl methyl sites for hydroxylation is 1. The first-order chi connectivity index (χ1) is 5.68. The summed E-state index contributed by atoms with van der Waals surface area (Å²) in [4.78, 5) is 8.54. The summed E-state index contributed by atoms with van der Waals surface area (Å²) in [5.41, 5.74) is 0.844. The van der Waals surface area contributed by atoms with Crippen molar-refractivity contribution in [1.82, 2.24) is 14.3 Å². The van der Waals surface area contributed by atoms with Crippen molar-refractivity contribution in [3.8, 4) is 0 Å². The molecule has 0 saturated heterocycles. The van der Waals surface area contributed by atoms with Gasteiger partial charge >= 0.3 is 0 Å². The largest absolute Gasteiger partial charge is 0.225 e. The monoisotopic (exact) mass is 219 g/mol. The number of hydrogen-bond acceptors (Lipinski definition) is 4. The summed E-state index contributed by atoms with van der Waals surface area (Å²) in [7, 11) is 0. The van der Waals surface area contributed by atoms with Crippen molar-refractivity contribution in [2.24, 2.45) is 0 Å². The van der Waals surface area contributed by atoms with Crippen LogP contribution in [-0.4, -0.2) is 14.3 Å². The Bertz CT molecular complexity index is 440. The highest BCUT2D eigenvalue weighted by Gasteiger charge is 2.09. The van der Waals surface area contributed by atoms with E-state index in [2.05, 4.69) is 14.3 Å². The van der Waals surface area contributed by atoms with Crippen LogP contribution in [0.5, 0.6) is 0 Å². The Morgan fingerprint density at radius 2 is 2.00 bits per heavy atom. The molecule has 2 aromatic heterocycles. The van der Waals surface area contributed by atoms with E-state index in [-0.39, 0.29) is 5.28 Å². The number of halogens is 2. The third kappa shape index (κ3) is 1.16. The highest BCUT2D eigenvalue weighted by atomic mass is 35.5. The molecule has 0 aliphatic heterocycles. The molecule has 0 spiro atoms. The third-order valence-corrected chi connectivity index (χ3v) is 2.71. The van der Waals surface area contributed by atoms with Crippen molar-refractivity contribution < 1.29 is 0 Å². The van der Waals surface area contributed by atoms with Crippen LogP contribution in [0.1, 0.15) is 5.69 Å². The van der Waals surface area contributed by atoms with Gasteiger partial charge in [0, 0.05) is 0 Å². The van der Waals surface area contributed by atoms with Crippen molar-refractivity contribution in [2.45, 2.75) is 6.92 Å². The molecule has 0 radical (unpaired) electrons. The zero-order valence-electron chi connectivity index (χ0n) is 6.01.